The lowest BCUT2D eigenvalue weighted by molar-refractivity contribution is -0.119. The Morgan fingerprint density at radius 3 is 2.70 bits per heavy atom. The Bertz CT molecular complexity index is 579. The first-order valence-corrected chi connectivity index (χ1v) is 6.80. The fourth-order valence-corrected chi connectivity index (χ4v) is 3.03. The first-order chi connectivity index (χ1) is 9.75. The number of hydrogen-bond donors (Lipinski definition) is 0. The Balaban J connectivity index is 1.71. The van der Waals surface area contributed by atoms with Crippen molar-refractivity contribution in [1.82, 2.24) is 4.90 Å². The normalized spacial score (nSPS) is 24.3. The Morgan fingerprint density at radius 1 is 1.10 bits per heavy atom. The molecule has 0 N–H and O–H groups in total. The topological polar surface area (TPSA) is 59.1 Å². The second kappa shape index (κ2) is 4.13. The molecule has 1 atom stereocenters. The molecule has 0 radical (unpaired) electrons. The molecule has 3 aliphatic rings. The van der Waals surface area contributed by atoms with Crippen LogP contribution in [0, 0.1) is 0 Å². The van der Waals surface area contributed by atoms with Gasteiger partial charge in [-0.2, -0.15) is 0 Å². The fourth-order valence-electron chi connectivity index (χ4n) is 3.03. The molecule has 3 heterocycles. The molecule has 4 rings (SSSR count). The Kier molecular flexibility index (Phi) is 2.39. The number of imide groups is 1. The van der Waals surface area contributed by atoms with E-state index in [1.54, 1.807) is 23.1 Å². The van der Waals surface area contributed by atoms with E-state index in [9.17, 15) is 9.59 Å². The zero-order chi connectivity index (χ0) is 13.7. The number of rotatable bonds is 1. The Morgan fingerprint density at radius 2 is 1.90 bits per heavy atom. The maximum absolute atomic E-state index is 12.4. The van der Waals surface area contributed by atoms with Crippen molar-refractivity contribution in [2.45, 2.75) is 18.9 Å². The maximum Gasteiger partial charge on any atom is 0.332 e. The van der Waals surface area contributed by atoms with Crippen molar-refractivity contribution < 1.29 is 19.1 Å². The van der Waals surface area contributed by atoms with Gasteiger partial charge in [0.05, 0.1) is 5.69 Å². The summed E-state index contributed by atoms with van der Waals surface area (Å²) in [6.07, 6.45) is 1.66. The average Bonchev–Trinajstić information content (AvgIpc) is 3.04. The van der Waals surface area contributed by atoms with Crippen molar-refractivity contribution in [1.29, 1.82) is 0 Å². The number of anilines is 1. The van der Waals surface area contributed by atoms with Crippen LogP contribution in [-0.4, -0.2) is 42.6 Å². The van der Waals surface area contributed by atoms with E-state index >= 15 is 0 Å². The van der Waals surface area contributed by atoms with Gasteiger partial charge in [0.1, 0.15) is 19.3 Å². The van der Waals surface area contributed by atoms with Crippen molar-refractivity contribution in [2.24, 2.45) is 0 Å². The van der Waals surface area contributed by atoms with Crippen LogP contribution in [0.2, 0.25) is 0 Å². The number of fused-ring (bicyclic) bond motifs is 2. The highest BCUT2D eigenvalue weighted by Gasteiger charge is 2.48. The summed E-state index contributed by atoms with van der Waals surface area (Å²) in [5.41, 5.74) is 0.554. The van der Waals surface area contributed by atoms with Gasteiger partial charge in [0.2, 0.25) is 0 Å². The van der Waals surface area contributed by atoms with Gasteiger partial charge >= 0.3 is 6.03 Å². The van der Waals surface area contributed by atoms with E-state index in [1.165, 1.54) is 4.90 Å². The molecule has 2 saturated heterocycles. The molecule has 6 nitrogen and oxygen atoms in total. The van der Waals surface area contributed by atoms with E-state index in [0.717, 1.165) is 12.8 Å². The molecule has 20 heavy (non-hydrogen) atoms. The van der Waals surface area contributed by atoms with E-state index in [2.05, 4.69) is 0 Å². The maximum atomic E-state index is 12.4. The third-order valence-electron chi connectivity index (χ3n) is 3.98. The third kappa shape index (κ3) is 1.51. The minimum absolute atomic E-state index is 0.135. The second-order valence-corrected chi connectivity index (χ2v) is 5.14. The van der Waals surface area contributed by atoms with Crippen molar-refractivity contribution in [2.75, 3.05) is 24.7 Å². The SMILES string of the molecule is O=C1[C@@H]2CCCN2C(=O)N1c1ccc2c(c1)OCCO2. The van der Waals surface area contributed by atoms with Crippen LogP contribution < -0.4 is 14.4 Å². The Labute approximate surface area is 115 Å². The largest absolute Gasteiger partial charge is 0.486 e. The van der Waals surface area contributed by atoms with Gasteiger partial charge in [-0.15, -0.1) is 0 Å². The second-order valence-electron chi connectivity index (χ2n) is 5.14. The number of ether oxygens (including phenoxy) is 2. The van der Waals surface area contributed by atoms with Crippen LogP contribution in [0.5, 0.6) is 11.5 Å². The van der Waals surface area contributed by atoms with Crippen LogP contribution in [0.25, 0.3) is 0 Å². The van der Waals surface area contributed by atoms with Gasteiger partial charge in [-0.1, -0.05) is 0 Å². The molecule has 3 amide bonds. The highest BCUT2D eigenvalue weighted by molar-refractivity contribution is 6.21. The van der Waals surface area contributed by atoms with Gasteiger partial charge in [-0.3, -0.25) is 4.79 Å². The fraction of sp³-hybridized carbons (Fsp3) is 0.429. The molecule has 6 heteroatoms. The van der Waals surface area contributed by atoms with Crippen molar-refractivity contribution in [3.63, 3.8) is 0 Å². The average molecular weight is 274 g/mol. The number of carbonyl (C=O) groups is 2. The highest BCUT2D eigenvalue weighted by Crippen LogP contribution is 2.37. The van der Waals surface area contributed by atoms with Crippen molar-refractivity contribution in [3.8, 4) is 11.5 Å². The Hall–Kier alpha value is -2.24. The van der Waals surface area contributed by atoms with Crippen LogP contribution in [0.3, 0.4) is 0 Å². The summed E-state index contributed by atoms with van der Waals surface area (Å²) in [6, 6.07) is 4.66. The molecule has 3 aliphatic heterocycles. The summed E-state index contributed by atoms with van der Waals surface area (Å²) < 4.78 is 10.9. The quantitative estimate of drug-likeness (QED) is 0.726. The van der Waals surface area contributed by atoms with E-state index in [0.29, 0.717) is 36.9 Å². The minimum atomic E-state index is -0.282. The molecule has 0 aromatic heterocycles. The summed E-state index contributed by atoms with van der Waals surface area (Å²) in [7, 11) is 0. The molecule has 2 fully saturated rings. The van der Waals surface area contributed by atoms with Gasteiger partial charge in [0.25, 0.3) is 5.91 Å². The van der Waals surface area contributed by atoms with E-state index in [1.807, 2.05) is 0 Å². The van der Waals surface area contributed by atoms with Crippen LogP contribution in [0.15, 0.2) is 18.2 Å². The summed E-state index contributed by atoms with van der Waals surface area (Å²) in [5, 5.41) is 0. The lowest BCUT2D eigenvalue weighted by atomic mass is 10.2. The zero-order valence-electron chi connectivity index (χ0n) is 10.9. The highest BCUT2D eigenvalue weighted by atomic mass is 16.6. The zero-order valence-corrected chi connectivity index (χ0v) is 10.9. The molecule has 104 valence electrons. The van der Waals surface area contributed by atoms with E-state index in [-0.39, 0.29) is 18.0 Å². The van der Waals surface area contributed by atoms with E-state index < -0.39 is 0 Å². The number of amides is 3. The smallest absolute Gasteiger partial charge is 0.332 e. The molecule has 0 bridgehead atoms. The predicted molar refractivity (Wildman–Crippen MR) is 70.0 cm³/mol. The molecule has 0 spiro atoms. The molecular weight excluding hydrogens is 260 g/mol. The van der Waals surface area contributed by atoms with Gasteiger partial charge in [0.15, 0.2) is 11.5 Å². The third-order valence-corrected chi connectivity index (χ3v) is 3.98. The number of hydrogen-bond acceptors (Lipinski definition) is 4. The standard InChI is InChI=1S/C14H14N2O4/c17-13-10-2-1-5-15(10)14(18)16(13)9-3-4-11-12(8-9)20-7-6-19-11/h3-4,8,10H,1-2,5-7H2/t10-/m0/s1. The van der Waals surface area contributed by atoms with Crippen LogP contribution >= 0.6 is 0 Å². The molecule has 0 aliphatic carbocycles. The number of carbonyl (C=O) groups excluding carboxylic acids is 2. The van der Waals surface area contributed by atoms with Crippen molar-refractivity contribution in [3.05, 3.63) is 18.2 Å². The first kappa shape index (κ1) is 11.6. The van der Waals surface area contributed by atoms with Crippen LogP contribution in [0.4, 0.5) is 10.5 Å². The molecule has 0 saturated carbocycles. The summed E-state index contributed by atoms with van der Waals surface area (Å²) in [4.78, 5) is 27.6. The van der Waals surface area contributed by atoms with Gasteiger partial charge < -0.3 is 14.4 Å². The number of nitrogens with zero attached hydrogens (tertiary/aromatic N) is 2. The van der Waals surface area contributed by atoms with Gasteiger partial charge in [-0.05, 0) is 25.0 Å². The number of benzene rings is 1. The summed E-state index contributed by atoms with van der Waals surface area (Å²) in [5.74, 6) is 1.10. The van der Waals surface area contributed by atoms with Crippen LogP contribution in [-0.2, 0) is 4.79 Å². The lowest BCUT2D eigenvalue weighted by Crippen LogP contribution is -2.33. The summed E-state index contributed by atoms with van der Waals surface area (Å²) >= 11 is 0. The predicted octanol–water partition coefficient (Wildman–Crippen LogP) is 1.39. The van der Waals surface area contributed by atoms with E-state index in [4.69, 9.17) is 9.47 Å². The summed E-state index contributed by atoms with van der Waals surface area (Å²) in [6.45, 7) is 1.66. The molecule has 0 unspecified atom stereocenters. The first-order valence-electron chi connectivity index (χ1n) is 6.80. The van der Waals surface area contributed by atoms with Crippen LogP contribution in [0.1, 0.15) is 12.8 Å². The monoisotopic (exact) mass is 274 g/mol. The van der Waals surface area contributed by atoms with Crippen molar-refractivity contribution >= 4 is 17.6 Å². The number of urea groups is 1. The minimum Gasteiger partial charge on any atom is -0.486 e. The molecule has 1 aromatic carbocycles. The molecular formula is C14H14N2O4. The lowest BCUT2D eigenvalue weighted by Gasteiger charge is -2.21. The van der Waals surface area contributed by atoms with Gasteiger partial charge in [0, 0.05) is 12.6 Å². The molecule has 1 aromatic rings. The van der Waals surface area contributed by atoms with Gasteiger partial charge in [-0.25, -0.2) is 9.69 Å².